The molecule has 76 valence electrons. The third-order valence-corrected chi connectivity index (χ3v) is 0.865. The van der Waals surface area contributed by atoms with Gasteiger partial charge >= 0.3 is 11.9 Å². The fourth-order valence-corrected chi connectivity index (χ4v) is 0.593. The molecular weight excluding hydrogens is 176 g/mol. The fourth-order valence-electron chi connectivity index (χ4n) is 0.593. The monoisotopic (exact) mass is 190 g/mol. The SMILES string of the molecule is CC(C)(C)OC(=O)COCC(=O)O. The standard InChI is InChI=1S/C8H14O5/c1-8(2,3)13-7(11)5-12-4-6(9)10/h4-5H2,1-3H3,(H,9,10). The lowest BCUT2D eigenvalue weighted by Crippen LogP contribution is -2.27. The Hall–Kier alpha value is -1.10. The second-order valence-corrected chi connectivity index (χ2v) is 3.47. The number of carboxylic acids is 1. The smallest absolute Gasteiger partial charge is 0.332 e. The number of hydrogen-bond acceptors (Lipinski definition) is 4. The van der Waals surface area contributed by atoms with Crippen molar-refractivity contribution in [3.05, 3.63) is 0 Å². The average molecular weight is 190 g/mol. The number of ether oxygens (including phenoxy) is 2. The molecule has 0 aromatic rings. The molecule has 0 aromatic heterocycles. The van der Waals surface area contributed by atoms with E-state index in [0.717, 1.165) is 0 Å². The molecule has 0 heterocycles. The van der Waals surface area contributed by atoms with Crippen LogP contribution in [0, 0.1) is 0 Å². The molecule has 0 aliphatic heterocycles. The van der Waals surface area contributed by atoms with E-state index in [2.05, 4.69) is 4.74 Å². The minimum atomic E-state index is -1.11. The number of esters is 1. The van der Waals surface area contributed by atoms with E-state index in [0.29, 0.717) is 0 Å². The second-order valence-electron chi connectivity index (χ2n) is 3.47. The topological polar surface area (TPSA) is 72.8 Å². The molecule has 0 saturated carbocycles. The Morgan fingerprint density at radius 3 is 2.15 bits per heavy atom. The summed E-state index contributed by atoms with van der Waals surface area (Å²) in [6.45, 7) is 4.36. The lowest BCUT2D eigenvalue weighted by Gasteiger charge is -2.19. The summed E-state index contributed by atoms with van der Waals surface area (Å²) in [7, 11) is 0. The van der Waals surface area contributed by atoms with E-state index in [1.165, 1.54) is 0 Å². The number of rotatable bonds is 4. The summed E-state index contributed by atoms with van der Waals surface area (Å²) in [5, 5.41) is 8.18. The molecule has 5 nitrogen and oxygen atoms in total. The Bertz CT molecular complexity index is 191. The van der Waals surface area contributed by atoms with Crippen LogP contribution >= 0.6 is 0 Å². The van der Waals surface area contributed by atoms with Crippen molar-refractivity contribution in [1.29, 1.82) is 0 Å². The maximum absolute atomic E-state index is 10.9. The molecule has 0 aliphatic carbocycles. The van der Waals surface area contributed by atoms with Gasteiger partial charge in [0.05, 0.1) is 0 Å². The van der Waals surface area contributed by atoms with Gasteiger partial charge in [0.15, 0.2) is 0 Å². The van der Waals surface area contributed by atoms with Crippen LogP contribution in [-0.4, -0.2) is 35.9 Å². The van der Waals surface area contributed by atoms with Gasteiger partial charge in [0.1, 0.15) is 18.8 Å². The maximum atomic E-state index is 10.9. The van der Waals surface area contributed by atoms with Crippen LogP contribution in [0.3, 0.4) is 0 Å². The Balaban J connectivity index is 3.59. The molecule has 5 heteroatoms. The molecule has 0 amide bonds. The van der Waals surface area contributed by atoms with Crippen molar-refractivity contribution in [2.75, 3.05) is 13.2 Å². The second kappa shape index (κ2) is 4.81. The van der Waals surface area contributed by atoms with Crippen LogP contribution in [0.5, 0.6) is 0 Å². The van der Waals surface area contributed by atoms with E-state index >= 15 is 0 Å². The van der Waals surface area contributed by atoms with E-state index in [1.807, 2.05) is 0 Å². The molecule has 13 heavy (non-hydrogen) atoms. The predicted molar refractivity (Wildman–Crippen MR) is 44.3 cm³/mol. The van der Waals surface area contributed by atoms with Crippen LogP contribution in [0.2, 0.25) is 0 Å². The van der Waals surface area contributed by atoms with Crippen LogP contribution in [-0.2, 0) is 19.1 Å². The zero-order valence-electron chi connectivity index (χ0n) is 7.99. The van der Waals surface area contributed by atoms with Crippen LogP contribution in [0.15, 0.2) is 0 Å². The first kappa shape index (κ1) is 11.9. The lowest BCUT2D eigenvalue weighted by atomic mass is 10.2. The highest BCUT2D eigenvalue weighted by Gasteiger charge is 2.16. The van der Waals surface area contributed by atoms with Gasteiger partial charge in [0, 0.05) is 0 Å². The first-order chi connectivity index (χ1) is 5.81. The van der Waals surface area contributed by atoms with Crippen molar-refractivity contribution in [3.63, 3.8) is 0 Å². The van der Waals surface area contributed by atoms with Crippen molar-refractivity contribution in [2.45, 2.75) is 26.4 Å². The van der Waals surface area contributed by atoms with E-state index in [1.54, 1.807) is 20.8 Å². The molecule has 1 N–H and O–H groups in total. The summed E-state index contributed by atoms with van der Waals surface area (Å²) >= 11 is 0. The van der Waals surface area contributed by atoms with Gasteiger partial charge in [-0.25, -0.2) is 9.59 Å². The first-order valence-electron chi connectivity index (χ1n) is 3.82. The normalized spacial score (nSPS) is 11.0. The van der Waals surface area contributed by atoms with E-state index in [4.69, 9.17) is 9.84 Å². The van der Waals surface area contributed by atoms with Gasteiger partial charge in [-0.15, -0.1) is 0 Å². The van der Waals surface area contributed by atoms with Crippen LogP contribution in [0.4, 0.5) is 0 Å². The fraction of sp³-hybridized carbons (Fsp3) is 0.750. The van der Waals surface area contributed by atoms with Crippen molar-refractivity contribution in [3.8, 4) is 0 Å². The van der Waals surface area contributed by atoms with Crippen molar-refractivity contribution >= 4 is 11.9 Å². The average Bonchev–Trinajstić information content (AvgIpc) is 1.81. The van der Waals surface area contributed by atoms with Crippen LogP contribution in [0.25, 0.3) is 0 Å². The van der Waals surface area contributed by atoms with E-state index in [-0.39, 0.29) is 6.61 Å². The Morgan fingerprint density at radius 2 is 1.77 bits per heavy atom. The van der Waals surface area contributed by atoms with Crippen molar-refractivity contribution in [1.82, 2.24) is 0 Å². The Morgan fingerprint density at radius 1 is 1.23 bits per heavy atom. The number of hydrogen-bond donors (Lipinski definition) is 1. The van der Waals surface area contributed by atoms with Crippen LogP contribution in [0.1, 0.15) is 20.8 Å². The molecule has 0 rings (SSSR count). The number of aliphatic carboxylic acids is 1. The lowest BCUT2D eigenvalue weighted by molar-refractivity contribution is -0.161. The summed E-state index contributed by atoms with van der Waals surface area (Å²) in [6, 6.07) is 0. The zero-order valence-corrected chi connectivity index (χ0v) is 7.99. The summed E-state index contributed by atoms with van der Waals surface area (Å²) in [5.41, 5.74) is -0.566. The quantitative estimate of drug-likeness (QED) is 0.651. The number of carboxylic acid groups (broad SMARTS) is 1. The highest BCUT2D eigenvalue weighted by molar-refractivity contribution is 5.72. The van der Waals surface area contributed by atoms with E-state index in [9.17, 15) is 9.59 Å². The molecule has 0 radical (unpaired) electrons. The molecule has 0 bridgehead atoms. The van der Waals surface area contributed by atoms with Gasteiger partial charge in [0.2, 0.25) is 0 Å². The van der Waals surface area contributed by atoms with E-state index < -0.39 is 24.1 Å². The summed E-state index contributed by atoms with van der Waals surface area (Å²) in [5.74, 6) is -1.67. The summed E-state index contributed by atoms with van der Waals surface area (Å²) < 4.78 is 9.39. The third-order valence-electron chi connectivity index (χ3n) is 0.865. The molecule has 0 atom stereocenters. The zero-order chi connectivity index (χ0) is 10.5. The summed E-state index contributed by atoms with van der Waals surface area (Å²) in [4.78, 5) is 20.9. The highest BCUT2D eigenvalue weighted by Crippen LogP contribution is 2.06. The van der Waals surface area contributed by atoms with Gasteiger partial charge in [-0.3, -0.25) is 0 Å². The molecule has 0 aromatic carbocycles. The number of carbonyl (C=O) groups is 2. The Kier molecular flexibility index (Phi) is 4.40. The molecule has 0 aliphatic rings. The minimum absolute atomic E-state index is 0.330. The largest absolute Gasteiger partial charge is 0.480 e. The van der Waals surface area contributed by atoms with Crippen molar-refractivity contribution < 1.29 is 24.2 Å². The minimum Gasteiger partial charge on any atom is -0.480 e. The highest BCUT2D eigenvalue weighted by atomic mass is 16.6. The van der Waals surface area contributed by atoms with Gasteiger partial charge in [-0.05, 0) is 20.8 Å². The first-order valence-corrected chi connectivity index (χ1v) is 3.82. The van der Waals surface area contributed by atoms with Gasteiger partial charge < -0.3 is 14.6 Å². The van der Waals surface area contributed by atoms with Crippen molar-refractivity contribution in [2.24, 2.45) is 0 Å². The molecule has 0 spiro atoms. The number of carbonyl (C=O) groups excluding carboxylic acids is 1. The molecule has 0 saturated heterocycles. The van der Waals surface area contributed by atoms with Gasteiger partial charge in [-0.2, -0.15) is 0 Å². The molecule has 0 unspecified atom stereocenters. The van der Waals surface area contributed by atoms with Gasteiger partial charge in [-0.1, -0.05) is 0 Å². The third kappa shape index (κ3) is 8.81. The molecule has 0 fully saturated rings. The maximum Gasteiger partial charge on any atom is 0.332 e. The molecular formula is C8H14O5. The predicted octanol–water partition coefficient (Wildman–Crippen LogP) is 0.429. The van der Waals surface area contributed by atoms with Crippen LogP contribution < -0.4 is 0 Å². The Labute approximate surface area is 76.6 Å². The van der Waals surface area contributed by atoms with Gasteiger partial charge in [0.25, 0.3) is 0 Å². The summed E-state index contributed by atoms with van der Waals surface area (Å²) in [6.07, 6.45) is 0.